The molecule has 3 amide bonds. The van der Waals surface area contributed by atoms with Crippen LogP contribution in [-0.2, 0) is 20.8 Å². The predicted molar refractivity (Wildman–Crippen MR) is 119 cm³/mol. The summed E-state index contributed by atoms with van der Waals surface area (Å²) in [5, 5.41) is 5.05. The lowest BCUT2D eigenvalue weighted by molar-refractivity contribution is -0.131. The maximum atomic E-state index is 14.7. The highest BCUT2D eigenvalue weighted by Gasteiger charge is 2.56. The predicted octanol–water partition coefficient (Wildman–Crippen LogP) is 3.54. The Bertz CT molecular complexity index is 1260. The second-order valence-corrected chi connectivity index (χ2v) is 7.87. The Morgan fingerprint density at radius 3 is 2.26 bits per heavy atom. The zero-order valence-corrected chi connectivity index (χ0v) is 17.8. The Morgan fingerprint density at radius 1 is 0.941 bits per heavy atom. The van der Waals surface area contributed by atoms with Crippen molar-refractivity contribution in [2.75, 3.05) is 10.6 Å². The number of nitrogens with one attached hydrogen (secondary N) is 2. The summed E-state index contributed by atoms with van der Waals surface area (Å²) in [4.78, 5) is 40.5. The minimum Gasteiger partial charge on any atom is -0.457 e. The fraction of sp³-hybridized carbons (Fsp3) is 0.167. The zero-order chi connectivity index (χ0) is 24.3. The van der Waals surface area contributed by atoms with E-state index in [1.54, 1.807) is 0 Å². The molecule has 10 heteroatoms. The summed E-state index contributed by atoms with van der Waals surface area (Å²) < 4.78 is 33.3. The minimum atomic E-state index is -1.32. The second-order valence-electron chi connectivity index (χ2n) is 7.87. The van der Waals surface area contributed by atoms with Crippen LogP contribution in [0.5, 0.6) is 11.5 Å². The normalized spacial score (nSPS) is 13.6. The van der Waals surface area contributed by atoms with Gasteiger partial charge >= 0.3 is 0 Å². The van der Waals surface area contributed by atoms with Crippen LogP contribution in [0.1, 0.15) is 18.5 Å². The van der Waals surface area contributed by atoms with Gasteiger partial charge in [0.05, 0.1) is 17.8 Å². The molecule has 1 aromatic heterocycles. The first-order valence-electron chi connectivity index (χ1n) is 10.3. The zero-order valence-electron chi connectivity index (χ0n) is 17.8. The average Bonchev–Trinajstić information content (AvgIpc) is 3.59. The Balaban J connectivity index is 1.41. The van der Waals surface area contributed by atoms with E-state index in [4.69, 9.17) is 10.5 Å². The van der Waals surface area contributed by atoms with Crippen molar-refractivity contribution < 1.29 is 27.9 Å². The lowest BCUT2D eigenvalue weighted by atomic mass is 10.0. The summed E-state index contributed by atoms with van der Waals surface area (Å²) in [5.41, 5.74) is 4.49. The molecule has 0 bridgehead atoms. The number of amides is 3. The van der Waals surface area contributed by atoms with Crippen molar-refractivity contribution in [2.24, 2.45) is 11.1 Å². The number of benzene rings is 2. The van der Waals surface area contributed by atoms with Gasteiger partial charge in [-0.3, -0.25) is 19.4 Å². The van der Waals surface area contributed by atoms with E-state index in [9.17, 15) is 23.2 Å². The van der Waals surface area contributed by atoms with E-state index < -0.39 is 34.8 Å². The van der Waals surface area contributed by atoms with Crippen LogP contribution in [0, 0.1) is 17.0 Å². The van der Waals surface area contributed by atoms with E-state index in [0.717, 1.165) is 6.07 Å². The quantitative estimate of drug-likeness (QED) is 0.438. The van der Waals surface area contributed by atoms with Crippen LogP contribution in [0.3, 0.4) is 0 Å². The SMILES string of the molecule is NC(=O)Cc1cc(Oc2ccc(NC(=O)C3(C(=O)Nc4ccc(F)cc4)CC3)c(F)c2)ccn1. The molecule has 0 radical (unpaired) electrons. The molecular formula is C24H20F2N4O4. The van der Waals surface area contributed by atoms with Gasteiger partial charge in [-0.15, -0.1) is 0 Å². The maximum absolute atomic E-state index is 14.7. The number of anilines is 2. The Morgan fingerprint density at radius 2 is 1.62 bits per heavy atom. The fourth-order valence-electron chi connectivity index (χ4n) is 3.30. The Labute approximate surface area is 193 Å². The molecule has 0 unspecified atom stereocenters. The van der Waals surface area contributed by atoms with Crippen LogP contribution in [0.2, 0.25) is 0 Å². The molecule has 0 aliphatic heterocycles. The molecule has 174 valence electrons. The lowest BCUT2D eigenvalue weighted by Gasteiger charge is -2.16. The van der Waals surface area contributed by atoms with E-state index in [0.29, 0.717) is 30.0 Å². The van der Waals surface area contributed by atoms with Crippen molar-refractivity contribution in [1.82, 2.24) is 4.98 Å². The number of nitrogens with two attached hydrogens (primary N) is 1. The first kappa shape index (κ1) is 22.8. The molecule has 1 saturated carbocycles. The lowest BCUT2D eigenvalue weighted by Crippen LogP contribution is -2.35. The molecule has 8 nitrogen and oxygen atoms in total. The minimum absolute atomic E-state index is 0.0625. The molecule has 0 atom stereocenters. The number of rotatable bonds is 8. The van der Waals surface area contributed by atoms with Gasteiger partial charge < -0.3 is 21.1 Å². The van der Waals surface area contributed by atoms with Crippen LogP contribution >= 0.6 is 0 Å². The molecule has 1 fully saturated rings. The molecular weight excluding hydrogens is 446 g/mol. The summed E-state index contributed by atoms with van der Waals surface area (Å²) in [6.07, 6.45) is 1.99. The molecule has 0 spiro atoms. The number of pyridine rings is 1. The molecule has 4 rings (SSSR count). The smallest absolute Gasteiger partial charge is 0.240 e. The maximum Gasteiger partial charge on any atom is 0.240 e. The third kappa shape index (κ3) is 5.17. The number of ether oxygens (including phenoxy) is 1. The summed E-state index contributed by atoms with van der Waals surface area (Å²) >= 11 is 0. The van der Waals surface area contributed by atoms with E-state index in [1.165, 1.54) is 54.7 Å². The van der Waals surface area contributed by atoms with E-state index in [1.807, 2.05) is 0 Å². The highest BCUT2D eigenvalue weighted by atomic mass is 19.1. The standard InChI is InChI=1S/C24H20F2N4O4/c25-14-1-3-15(4-2-14)29-22(32)24(8-9-24)23(33)30-20-6-5-17(13-19(20)26)34-18-7-10-28-16(11-18)12-21(27)31/h1-7,10-11,13H,8-9,12H2,(H2,27,31)(H,29,32)(H,30,33). The van der Waals surface area contributed by atoms with Crippen molar-refractivity contribution in [2.45, 2.75) is 19.3 Å². The molecule has 4 N–H and O–H groups in total. The molecule has 3 aromatic rings. The number of carbonyl (C=O) groups is 3. The summed E-state index contributed by atoms with van der Waals surface area (Å²) in [5.74, 6) is -2.44. The van der Waals surface area contributed by atoms with Crippen LogP contribution in [0.4, 0.5) is 20.2 Å². The molecule has 1 aliphatic carbocycles. The first-order valence-corrected chi connectivity index (χ1v) is 10.3. The van der Waals surface area contributed by atoms with Gasteiger partial charge in [0.2, 0.25) is 17.7 Å². The topological polar surface area (TPSA) is 123 Å². The van der Waals surface area contributed by atoms with Crippen LogP contribution < -0.4 is 21.1 Å². The van der Waals surface area contributed by atoms with Gasteiger partial charge in [0, 0.05) is 24.0 Å². The number of primary amides is 1. The average molecular weight is 466 g/mol. The fourth-order valence-corrected chi connectivity index (χ4v) is 3.30. The molecule has 1 heterocycles. The Kier molecular flexibility index (Phi) is 6.22. The largest absolute Gasteiger partial charge is 0.457 e. The van der Waals surface area contributed by atoms with Gasteiger partial charge in [0.15, 0.2) is 0 Å². The van der Waals surface area contributed by atoms with Gasteiger partial charge in [0.25, 0.3) is 0 Å². The van der Waals surface area contributed by atoms with E-state index in [2.05, 4.69) is 15.6 Å². The van der Waals surface area contributed by atoms with Gasteiger partial charge in [-0.2, -0.15) is 0 Å². The van der Waals surface area contributed by atoms with Crippen molar-refractivity contribution in [1.29, 1.82) is 0 Å². The summed E-state index contributed by atoms with van der Waals surface area (Å²) in [7, 11) is 0. The van der Waals surface area contributed by atoms with Crippen LogP contribution in [0.25, 0.3) is 0 Å². The first-order chi connectivity index (χ1) is 16.2. The molecule has 2 aromatic carbocycles. The van der Waals surface area contributed by atoms with Crippen molar-refractivity contribution >= 4 is 29.1 Å². The van der Waals surface area contributed by atoms with Gasteiger partial charge in [-0.25, -0.2) is 8.78 Å². The molecule has 1 aliphatic rings. The number of aromatic nitrogens is 1. The van der Waals surface area contributed by atoms with Crippen LogP contribution in [-0.4, -0.2) is 22.7 Å². The molecule has 34 heavy (non-hydrogen) atoms. The Hall–Kier alpha value is -4.34. The van der Waals surface area contributed by atoms with Crippen molar-refractivity contribution in [3.63, 3.8) is 0 Å². The third-order valence-corrected chi connectivity index (χ3v) is 5.29. The number of nitrogens with zero attached hydrogens (tertiary/aromatic N) is 1. The van der Waals surface area contributed by atoms with Crippen LogP contribution in [0.15, 0.2) is 60.8 Å². The summed E-state index contributed by atoms with van der Waals surface area (Å²) in [6, 6.07) is 12.1. The van der Waals surface area contributed by atoms with E-state index in [-0.39, 0.29) is 17.9 Å². The second kappa shape index (κ2) is 9.26. The highest BCUT2D eigenvalue weighted by Crippen LogP contribution is 2.47. The monoisotopic (exact) mass is 466 g/mol. The summed E-state index contributed by atoms with van der Waals surface area (Å²) in [6.45, 7) is 0. The number of halogens is 2. The van der Waals surface area contributed by atoms with Crippen molar-refractivity contribution in [3.8, 4) is 11.5 Å². The van der Waals surface area contributed by atoms with Gasteiger partial charge in [-0.1, -0.05) is 0 Å². The van der Waals surface area contributed by atoms with Gasteiger partial charge in [-0.05, 0) is 55.3 Å². The van der Waals surface area contributed by atoms with Crippen molar-refractivity contribution in [3.05, 3.63) is 78.1 Å². The number of carbonyl (C=O) groups excluding carboxylic acids is 3. The highest BCUT2D eigenvalue weighted by molar-refractivity contribution is 6.16. The van der Waals surface area contributed by atoms with E-state index >= 15 is 0 Å². The third-order valence-electron chi connectivity index (χ3n) is 5.29. The number of hydrogen-bond acceptors (Lipinski definition) is 5. The molecule has 0 saturated heterocycles. The number of hydrogen-bond donors (Lipinski definition) is 3. The van der Waals surface area contributed by atoms with Gasteiger partial charge in [0.1, 0.15) is 28.5 Å².